The third-order valence-corrected chi connectivity index (χ3v) is 6.90. The first-order chi connectivity index (χ1) is 18.8. The van der Waals surface area contributed by atoms with Gasteiger partial charge >= 0.3 is 5.97 Å². The van der Waals surface area contributed by atoms with Crippen molar-refractivity contribution < 1.29 is 38.0 Å². The highest BCUT2D eigenvalue weighted by Gasteiger charge is 2.28. The van der Waals surface area contributed by atoms with Crippen LogP contribution in [0.25, 0.3) is 0 Å². The average Bonchev–Trinajstić information content (AvgIpc) is 2.96. The molecule has 0 saturated heterocycles. The first-order valence-electron chi connectivity index (χ1n) is 12.4. The van der Waals surface area contributed by atoms with Crippen molar-refractivity contribution >= 4 is 5.97 Å². The molecule has 4 rings (SSSR count). The Morgan fingerprint density at radius 3 is 2.21 bits per heavy atom. The van der Waals surface area contributed by atoms with Crippen molar-refractivity contribution in [2.24, 2.45) is 0 Å². The molecule has 10 heteroatoms. The Bertz CT molecular complexity index is 1400. The summed E-state index contributed by atoms with van der Waals surface area (Å²) in [7, 11) is 7.50. The summed E-state index contributed by atoms with van der Waals surface area (Å²) in [6, 6.07) is 10.3. The van der Waals surface area contributed by atoms with Crippen molar-refractivity contribution in [2.75, 3.05) is 42.1 Å². The van der Waals surface area contributed by atoms with Gasteiger partial charge in [0.2, 0.25) is 11.2 Å². The van der Waals surface area contributed by atoms with Crippen molar-refractivity contribution in [3.63, 3.8) is 0 Å². The van der Waals surface area contributed by atoms with Crippen LogP contribution >= 0.6 is 0 Å². The van der Waals surface area contributed by atoms with E-state index in [0.29, 0.717) is 47.4 Å². The average molecular weight is 540 g/mol. The maximum Gasteiger partial charge on any atom is 0.306 e. The second-order valence-corrected chi connectivity index (χ2v) is 9.17. The fourth-order valence-corrected chi connectivity index (χ4v) is 4.85. The summed E-state index contributed by atoms with van der Waals surface area (Å²) in [5.74, 6) is 0.735. The summed E-state index contributed by atoms with van der Waals surface area (Å²) in [6.07, 6.45) is 0.617. The van der Waals surface area contributed by atoms with Gasteiger partial charge in [-0.3, -0.25) is 14.5 Å². The van der Waals surface area contributed by atoms with Crippen LogP contribution in [0.1, 0.15) is 40.5 Å². The summed E-state index contributed by atoms with van der Waals surface area (Å²) in [5, 5.41) is 10.8. The van der Waals surface area contributed by atoms with E-state index in [0.717, 1.165) is 18.5 Å². The van der Waals surface area contributed by atoms with Gasteiger partial charge in [0.1, 0.15) is 5.76 Å². The minimum Gasteiger partial charge on any atom is -0.502 e. The van der Waals surface area contributed by atoms with Crippen LogP contribution in [0.15, 0.2) is 45.6 Å². The fraction of sp³-hybridized carbons (Fsp3) is 0.379. The van der Waals surface area contributed by atoms with Gasteiger partial charge in [-0.25, -0.2) is 0 Å². The molecule has 1 aromatic heterocycles. The fourth-order valence-electron chi connectivity index (χ4n) is 4.85. The van der Waals surface area contributed by atoms with Crippen LogP contribution in [-0.4, -0.2) is 58.1 Å². The lowest BCUT2D eigenvalue weighted by Crippen LogP contribution is -2.30. The van der Waals surface area contributed by atoms with E-state index in [1.807, 2.05) is 12.1 Å². The topological polar surface area (TPSA) is 117 Å². The van der Waals surface area contributed by atoms with Crippen molar-refractivity contribution in [3.05, 3.63) is 74.8 Å². The summed E-state index contributed by atoms with van der Waals surface area (Å²) >= 11 is 0. The zero-order chi connectivity index (χ0) is 28.1. The van der Waals surface area contributed by atoms with Crippen LogP contribution in [0.2, 0.25) is 0 Å². The summed E-state index contributed by atoms with van der Waals surface area (Å²) in [4.78, 5) is 27.3. The van der Waals surface area contributed by atoms with E-state index >= 15 is 0 Å². The Kier molecular flexibility index (Phi) is 8.65. The Morgan fingerprint density at radius 1 is 0.923 bits per heavy atom. The van der Waals surface area contributed by atoms with Crippen molar-refractivity contribution in [1.29, 1.82) is 0 Å². The van der Waals surface area contributed by atoms with Crippen LogP contribution in [0, 0.1) is 0 Å². The minimum atomic E-state index is -0.802. The predicted octanol–water partition coefficient (Wildman–Crippen LogP) is 3.63. The van der Waals surface area contributed by atoms with E-state index < -0.39 is 23.1 Å². The van der Waals surface area contributed by atoms with Crippen molar-refractivity contribution in [3.8, 4) is 28.7 Å². The molecule has 0 amide bonds. The maximum absolute atomic E-state index is 12.8. The number of nitrogens with zero attached hydrogens (tertiary/aromatic N) is 1. The number of benzene rings is 2. The molecule has 2 aromatic carbocycles. The number of methoxy groups -OCH3 is 5. The lowest BCUT2D eigenvalue weighted by molar-refractivity contribution is -0.140. The number of aromatic hydroxyl groups is 1. The number of hydrogen-bond acceptors (Lipinski definition) is 10. The molecule has 0 fully saturated rings. The molecular formula is C29H33NO9. The Hall–Kier alpha value is -4.18. The van der Waals surface area contributed by atoms with Crippen molar-refractivity contribution in [2.45, 2.75) is 31.8 Å². The highest BCUT2D eigenvalue weighted by atomic mass is 16.5. The molecule has 1 aliphatic rings. The molecule has 0 unspecified atom stereocenters. The van der Waals surface area contributed by atoms with E-state index in [2.05, 4.69) is 4.90 Å². The van der Waals surface area contributed by atoms with Gasteiger partial charge in [-0.1, -0.05) is 6.07 Å². The molecule has 0 radical (unpaired) electrons. The number of rotatable bonds is 10. The van der Waals surface area contributed by atoms with E-state index in [1.54, 1.807) is 32.4 Å². The van der Waals surface area contributed by atoms with Gasteiger partial charge in [0.05, 0.1) is 54.4 Å². The number of carbonyl (C=O) groups is 1. The molecular weight excluding hydrogens is 506 g/mol. The highest BCUT2D eigenvalue weighted by Crippen LogP contribution is 2.38. The number of esters is 1. The van der Waals surface area contributed by atoms with Crippen molar-refractivity contribution in [1.82, 2.24) is 4.90 Å². The molecule has 0 spiro atoms. The Labute approximate surface area is 226 Å². The van der Waals surface area contributed by atoms with Gasteiger partial charge in [-0.05, 0) is 47.4 Å². The number of fused-ring (bicyclic) bond motifs is 1. The largest absolute Gasteiger partial charge is 0.502 e. The quantitative estimate of drug-likeness (QED) is 0.383. The lowest BCUT2D eigenvalue weighted by Gasteiger charge is -2.29. The molecule has 39 heavy (non-hydrogen) atoms. The number of ether oxygens (including phenoxy) is 5. The molecule has 3 aromatic rings. The van der Waals surface area contributed by atoms with Gasteiger partial charge in [0.15, 0.2) is 28.8 Å². The summed E-state index contributed by atoms with van der Waals surface area (Å²) in [5.41, 5.74) is 2.25. The van der Waals surface area contributed by atoms with Crippen LogP contribution in [0.3, 0.4) is 0 Å². The minimum absolute atomic E-state index is 0.0149. The smallest absolute Gasteiger partial charge is 0.306 e. The molecule has 0 saturated carbocycles. The number of carbonyl (C=O) groups excluding carboxylic acids is 1. The van der Waals surface area contributed by atoms with Crippen LogP contribution in [0.5, 0.6) is 28.7 Å². The van der Waals surface area contributed by atoms with Gasteiger partial charge < -0.3 is 33.2 Å². The SMILES string of the molecule is COC(=O)C[C@H](c1ccc(OC)c(OC)c1)c1oc(CN2CCc3cc(OC)c(OC)cc3C2)cc(=O)c1O. The van der Waals surface area contributed by atoms with E-state index in [4.69, 9.17) is 28.1 Å². The number of hydrogen-bond donors (Lipinski definition) is 1. The van der Waals surface area contributed by atoms with E-state index in [9.17, 15) is 14.7 Å². The summed E-state index contributed by atoms with van der Waals surface area (Å²) < 4.78 is 32.6. The first kappa shape index (κ1) is 27.8. The Morgan fingerprint density at radius 2 is 1.56 bits per heavy atom. The second kappa shape index (κ2) is 12.1. The van der Waals surface area contributed by atoms with Gasteiger partial charge in [0.25, 0.3) is 0 Å². The summed E-state index contributed by atoms with van der Waals surface area (Å²) in [6.45, 7) is 1.66. The molecule has 1 atom stereocenters. The molecule has 2 heterocycles. The van der Waals surface area contributed by atoms with Crippen LogP contribution in [0.4, 0.5) is 0 Å². The molecule has 0 bridgehead atoms. The van der Waals surface area contributed by atoms with Gasteiger partial charge in [0, 0.05) is 19.2 Å². The predicted molar refractivity (Wildman–Crippen MR) is 142 cm³/mol. The van der Waals surface area contributed by atoms with Gasteiger partial charge in [-0.15, -0.1) is 0 Å². The second-order valence-electron chi connectivity index (χ2n) is 9.17. The molecule has 1 N–H and O–H groups in total. The van der Waals surface area contributed by atoms with Gasteiger partial charge in [-0.2, -0.15) is 0 Å². The standard InChI is InChI=1S/C29H33NO9/c1-34-23-7-6-18(11-24(23)35-2)21(14-27(32)38-5)29-28(33)22(31)13-20(39-29)16-30-9-8-17-10-25(36-3)26(37-4)12-19(17)15-30/h6-7,10-13,21,33H,8-9,14-16H2,1-5H3/t21-/m1/s1. The normalized spacial score (nSPS) is 13.8. The zero-order valence-electron chi connectivity index (χ0n) is 22.7. The first-order valence-corrected chi connectivity index (χ1v) is 12.4. The zero-order valence-corrected chi connectivity index (χ0v) is 22.7. The monoisotopic (exact) mass is 539 g/mol. The molecule has 0 aliphatic carbocycles. The molecule has 1 aliphatic heterocycles. The molecule has 10 nitrogen and oxygen atoms in total. The van der Waals surface area contributed by atoms with Crippen LogP contribution < -0.4 is 24.4 Å². The van der Waals surface area contributed by atoms with Crippen LogP contribution in [-0.2, 0) is 29.0 Å². The highest BCUT2D eigenvalue weighted by molar-refractivity contribution is 5.71. The third-order valence-electron chi connectivity index (χ3n) is 6.90. The third kappa shape index (κ3) is 5.96. The Balaban J connectivity index is 1.67. The lowest BCUT2D eigenvalue weighted by atomic mass is 9.91. The van der Waals surface area contributed by atoms with E-state index in [-0.39, 0.29) is 12.2 Å². The van der Waals surface area contributed by atoms with E-state index in [1.165, 1.54) is 33.0 Å². The molecule has 208 valence electrons. The maximum atomic E-state index is 12.8.